The molecule has 11 nitrogen and oxygen atoms in total. The van der Waals surface area contributed by atoms with Crippen LogP contribution in [0.25, 0.3) is 21.9 Å². The number of nitrogens with zero attached hydrogens (tertiary/aromatic N) is 6. The molecule has 0 bridgehead atoms. The van der Waals surface area contributed by atoms with Crippen molar-refractivity contribution >= 4 is 27.9 Å². The second-order valence-corrected chi connectivity index (χ2v) is 8.37. The molecule has 1 aliphatic heterocycles. The molecule has 0 spiro atoms. The Balaban J connectivity index is 1.70. The van der Waals surface area contributed by atoms with Gasteiger partial charge in [0.25, 0.3) is 5.56 Å². The average Bonchev–Trinajstić information content (AvgIpc) is 3.22. The first kappa shape index (κ1) is 21.1. The van der Waals surface area contributed by atoms with Crippen LogP contribution in [0.5, 0.6) is 0 Å². The third-order valence-corrected chi connectivity index (χ3v) is 6.27. The zero-order valence-corrected chi connectivity index (χ0v) is 18.5. The Morgan fingerprint density at radius 3 is 2.64 bits per heavy atom. The van der Waals surface area contributed by atoms with Gasteiger partial charge in [-0.05, 0) is 25.8 Å². The fourth-order valence-corrected chi connectivity index (χ4v) is 4.60. The minimum Gasteiger partial charge on any atom is -0.341 e. The van der Waals surface area contributed by atoms with Gasteiger partial charge in [-0.3, -0.25) is 13.9 Å². The van der Waals surface area contributed by atoms with Crippen LogP contribution in [0.4, 0.5) is 5.95 Å². The molecule has 1 saturated heterocycles. The molecule has 4 aromatic rings. The molecule has 0 saturated carbocycles. The van der Waals surface area contributed by atoms with Crippen LogP contribution < -0.4 is 27.5 Å². The van der Waals surface area contributed by atoms with E-state index in [-0.39, 0.29) is 12.6 Å². The highest BCUT2D eigenvalue weighted by Crippen LogP contribution is 2.23. The van der Waals surface area contributed by atoms with Crippen molar-refractivity contribution in [2.24, 2.45) is 12.8 Å². The van der Waals surface area contributed by atoms with E-state index < -0.39 is 16.9 Å². The molecule has 1 atom stereocenters. The first-order valence-electron chi connectivity index (χ1n) is 11.0. The maximum atomic E-state index is 13.6. The maximum Gasteiger partial charge on any atom is 0.366 e. The van der Waals surface area contributed by atoms with E-state index in [0.29, 0.717) is 46.7 Å². The van der Waals surface area contributed by atoms with Crippen molar-refractivity contribution in [2.45, 2.75) is 38.9 Å². The summed E-state index contributed by atoms with van der Waals surface area (Å²) >= 11 is 0. The van der Waals surface area contributed by atoms with Gasteiger partial charge in [0.15, 0.2) is 11.2 Å². The molecule has 33 heavy (non-hydrogen) atoms. The zero-order chi connectivity index (χ0) is 23.3. The summed E-state index contributed by atoms with van der Waals surface area (Å²) in [6, 6.07) is 6.86. The molecule has 1 unspecified atom stereocenters. The van der Waals surface area contributed by atoms with Crippen molar-refractivity contribution in [2.75, 3.05) is 18.0 Å². The van der Waals surface area contributed by atoms with Crippen molar-refractivity contribution in [3.8, 4) is 0 Å². The molecule has 1 aliphatic rings. The van der Waals surface area contributed by atoms with Crippen molar-refractivity contribution in [3.05, 3.63) is 61.2 Å². The van der Waals surface area contributed by atoms with E-state index in [1.54, 1.807) is 31.3 Å². The lowest BCUT2D eigenvalue weighted by molar-refractivity contribution is 0.363. The maximum absolute atomic E-state index is 13.6. The largest absolute Gasteiger partial charge is 0.366 e. The van der Waals surface area contributed by atoms with Gasteiger partial charge in [0, 0.05) is 38.1 Å². The van der Waals surface area contributed by atoms with Gasteiger partial charge in [-0.15, -0.1) is 0 Å². The fraction of sp³-hybridized carbons (Fsp3) is 0.409. The zero-order valence-electron chi connectivity index (χ0n) is 18.5. The summed E-state index contributed by atoms with van der Waals surface area (Å²) < 4.78 is 9.23. The van der Waals surface area contributed by atoms with E-state index >= 15 is 0 Å². The molecule has 2 N–H and O–H groups in total. The number of fused-ring (bicyclic) bond motifs is 2. The van der Waals surface area contributed by atoms with Gasteiger partial charge < -0.3 is 19.7 Å². The van der Waals surface area contributed by atoms with Gasteiger partial charge in [0.1, 0.15) is 5.69 Å². The van der Waals surface area contributed by atoms with Gasteiger partial charge >= 0.3 is 11.3 Å². The Hall–Kier alpha value is -3.73. The van der Waals surface area contributed by atoms with Gasteiger partial charge in [0.2, 0.25) is 5.95 Å². The molecule has 172 valence electrons. The number of rotatable bonds is 4. The molecule has 0 aliphatic carbocycles. The number of nitrogens with two attached hydrogens (primary N) is 1. The summed E-state index contributed by atoms with van der Waals surface area (Å²) in [5.74, 6) is 0.641. The lowest BCUT2D eigenvalue weighted by Crippen LogP contribution is -2.44. The van der Waals surface area contributed by atoms with Crippen LogP contribution in [0.3, 0.4) is 0 Å². The Labute approximate surface area is 187 Å². The molecular formula is C22H25N7O4. The second-order valence-electron chi connectivity index (χ2n) is 8.37. The molecule has 4 heterocycles. The van der Waals surface area contributed by atoms with Crippen molar-refractivity contribution in [1.82, 2.24) is 23.8 Å². The smallest absolute Gasteiger partial charge is 0.341 e. The van der Waals surface area contributed by atoms with Crippen molar-refractivity contribution in [1.29, 1.82) is 0 Å². The number of piperidine rings is 1. The first-order chi connectivity index (χ1) is 15.9. The van der Waals surface area contributed by atoms with E-state index in [1.165, 1.54) is 4.57 Å². The number of hydrogen-bond acceptors (Lipinski definition) is 8. The Morgan fingerprint density at radius 1 is 1.15 bits per heavy atom. The summed E-state index contributed by atoms with van der Waals surface area (Å²) in [5, 5.41) is 4.76. The second kappa shape index (κ2) is 8.00. The third kappa shape index (κ3) is 3.35. The Morgan fingerprint density at radius 2 is 1.91 bits per heavy atom. The van der Waals surface area contributed by atoms with E-state index in [0.717, 1.165) is 24.0 Å². The molecular weight excluding hydrogens is 426 g/mol. The SMILES string of the molecule is CCn1c(N2CCCC(N)C2)nc2c1c(=O)n(Cc1noc(=O)c3ccccc13)c(=O)n2C. The summed E-state index contributed by atoms with van der Waals surface area (Å²) in [5.41, 5.74) is 5.60. The molecule has 11 heteroatoms. The van der Waals surface area contributed by atoms with Crippen LogP contribution in [0.2, 0.25) is 0 Å². The van der Waals surface area contributed by atoms with Crippen LogP contribution in [0.1, 0.15) is 25.5 Å². The Kier molecular flexibility index (Phi) is 5.12. The van der Waals surface area contributed by atoms with E-state index in [4.69, 9.17) is 10.3 Å². The van der Waals surface area contributed by atoms with Crippen LogP contribution in [-0.2, 0) is 20.1 Å². The van der Waals surface area contributed by atoms with Crippen LogP contribution in [0.15, 0.2) is 43.2 Å². The van der Waals surface area contributed by atoms with Crippen LogP contribution in [-0.4, -0.2) is 43.0 Å². The Bertz CT molecular complexity index is 1540. The van der Waals surface area contributed by atoms with Crippen molar-refractivity contribution < 1.29 is 4.52 Å². The molecule has 0 radical (unpaired) electrons. The molecule has 0 amide bonds. The molecule has 3 aromatic heterocycles. The standard InChI is InChI=1S/C22H25N7O4/c1-3-28-17-18(24-21(28)27-10-6-7-13(23)11-27)26(2)22(32)29(19(17)30)12-16-14-8-4-5-9-15(14)20(31)33-25-16/h4-5,8-9,13H,3,6-7,10-12,23H2,1-2H3. The number of anilines is 1. The minimum absolute atomic E-state index is 0.0384. The van der Waals surface area contributed by atoms with E-state index in [2.05, 4.69) is 15.0 Å². The quantitative estimate of drug-likeness (QED) is 0.471. The van der Waals surface area contributed by atoms with Gasteiger partial charge in [-0.2, -0.15) is 4.98 Å². The highest BCUT2D eigenvalue weighted by atomic mass is 16.5. The highest BCUT2D eigenvalue weighted by molar-refractivity contribution is 5.83. The van der Waals surface area contributed by atoms with Crippen molar-refractivity contribution in [3.63, 3.8) is 0 Å². The predicted octanol–water partition coefficient (Wildman–Crippen LogP) is 0.394. The van der Waals surface area contributed by atoms with Crippen LogP contribution >= 0.6 is 0 Å². The number of hydrogen-bond donors (Lipinski definition) is 1. The summed E-state index contributed by atoms with van der Waals surface area (Å²) in [7, 11) is 1.59. The number of aryl methyl sites for hydroxylation is 2. The van der Waals surface area contributed by atoms with Gasteiger partial charge in [0.05, 0.1) is 11.9 Å². The lowest BCUT2D eigenvalue weighted by atomic mass is 10.1. The monoisotopic (exact) mass is 451 g/mol. The van der Waals surface area contributed by atoms with Gasteiger partial charge in [-0.25, -0.2) is 9.59 Å². The summed E-state index contributed by atoms with van der Waals surface area (Å²) in [6.07, 6.45) is 1.89. The first-order valence-corrected chi connectivity index (χ1v) is 11.0. The number of benzene rings is 1. The van der Waals surface area contributed by atoms with E-state index in [1.807, 2.05) is 11.5 Å². The predicted molar refractivity (Wildman–Crippen MR) is 124 cm³/mol. The topological polar surface area (TPSA) is 134 Å². The molecule has 1 fully saturated rings. The lowest BCUT2D eigenvalue weighted by Gasteiger charge is -2.31. The molecule has 5 rings (SSSR count). The third-order valence-electron chi connectivity index (χ3n) is 6.27. The van der Waals surface area contributed by atoms with Crippen LogP contribution in [0, 0.1) is 0 Å². The van der Waals surface area contributed by atoms with Gasteiger partial charge in [-0.1, -0.05) is 23.4 Å². The molecule has 1 aromatic carbocycles. The minimum atomic E-state index is -0.571. The fourth-order valence-electron chi connectivity index (χ4n) is 4.60. The highest BCUT2D eigenvalue weighted by Gasteiger charge is 2.26. The summed E-state index contributed by atoms with van der Waals surface area (Å²) in [6.45, 7) is 3.74. The summed E-state index contributed by atoms with van der Waals surface area (Å²) in [4.78, 5) is 45.5. The number of imidazole rings is 1. The van der Waals surface area contributed by atoms with E-state index in [9.17, 15) is 14.4 Å². The number of aromatic nitrogens is 5. The average molecular weight is 451 g/mol. The normalized spacial score (nSPS) is 16.7.